The highest BCUT2D eigenvalue weighted by Crippen LogP contribution is 2.30. The van der Waals surface area contributed by atoms with E-state index in [1.807, 2.05) is 19.1 Å². The van der Waals surface area contributed by atoms with E-state index in [0.717, 1.165) is 27.4 Å². The highest BCUT2D eigenvalue weighted by molar-refractivity contribution is 7.17. The van der Waals surface area contributed by atoms with Crippen molar-refractivity contribution in [2.75, 3.05) is 20.3 Å². The molecule has 3 rings (SSSR count). The number of benzene rings is 1. The lowest BCUT2D eigenvalue weighted by molar-refractivity contribution is 0.0953. The molecule has 0 unspecified atom stereocenters. The van der Waals surface area contributed by atoms with Crippen molar-refractivity contribution in [3.8, 4) is 16.5 Å². The van der Waals surface area contributed by atoms with Crippen molar-refractivity contribution < 1.29 is 14.3 Å². The molecule has 0 bridgehead atoms. The minimum atomic E-state index is -0.150. The number of hydrogen-bond donors (Lipinski definition) is 1. The van der Waals surface area contributed by atoms with Crippen LogP contribution >= 0.6 is 11.3 Å². The maximum Gasteiger partial charge on any atom is 0.263 e. The molecule has 0 aliphatic rings. The topological polar surface area (TPSA) is 73.3 Å². The van der Waals surface area contributed by atoms with E-state index in [-0.39, 0.29) is 5.91 Å². The molecule has 2 aromatic heterocycles. The first-order valence-electron chi connectivity index (χ1n) is 9.38. The molecule has 0 radical (unpaired) electrons. The van der Waals surface area contributed by atoms with Crippen molar-refractivity contribution in [2.24, 2.45) is 0 Å². The van der Waals surface area contributed by atoms with E-state index in [2.05, 4.69) is 47.3 Å². The molecule has 1 aromatic carbocycles. The molecule has 0 spiro atoms. The second kappa shape index (κ2) is 9.62. The van der Waals surface area contributed by atoms with Crippen LogP contribution in [0.3, 0.4) is 0 Å². The summed E-state index contributed by atoms with van der Waals surface area (Å²) in [6, 6.07) is 9.95. The Labute approximate surface area is 174 Å². The van der Waals surface area contributed by atoms with Crippen molar-refractivity contribution >= 4 is 17.2 Å². The molecular formula is C22H25N3O3S. The molecule has 0 aliphatic heterocycles. The lowest BCUT2D eigenvalue weighted by Crippen LogP contribution is -2.23. The predicted molar refractivity (Wildman–Crippen MR) is 115 cm³/mol. The quantitative estimate of drug-likeness (QED) is 0.565. The lowest BCUT2D eigenvalue weighted by atomic mass is 10.1. The average Bonchev–Trinajstić information content (AvgIpc) is 3.08. The molecule has 29 heavy (non-hydrogen) atoms. The summed E-state index contributed by atoms with van der Waals surface area (Å²) in [6.45, 7) is 7.19. The summed E-state index contributed by atoms with van der Waals surface area (Å²) in [4.78, 5) is 22.3. The summed E-state index contributed by atoms with van der Waals surface area (Å²) in [5.74, 6) is 0.351. The first-order chi connectivity index (χ1) is 14.0. The zero-order valence-electron chi connectivity index (χ0n) is 17.1. The molecule has 1 N–H and O–H groups in total. The van der Waals surface area contributed by atoms with Crippen molar-refractivity contribution in [2.45, 2.75) is 27.3 Å². The van der Waals surface area contributed by atoms with Crippen molar-refractivity contribution in [1.82, 2.24) is 15.3 Å². The highest BCUT2D eigenvalue weighted by Gasteiger charge is 2.17. The first kappa shape index (κ1) is 21.0. The second-order valence-electron chi connectivity index (χ2n) is 6.74. The van der Waals surface area contributed by atoms with Crippen LogP contribution in [0.5, 0.6) is 5.88 Å². The van der Waals surface area contributed by atoms with E-state index in [1.54, 1.807) is 13.3 Å². The largest absolute Gasteiger partial charge is 0.475 e. The monoisotopic (exact) mass is 411 g/mol. The summed E-state index contributed by atoms with van der Waals surface area (Å²) in [5, 5.41) is 3.81. The maximum atomic E-state index is 12.8. The molecule has 0 fully saturated rings. The van der Waals surface area contributed by atoms with Gasteiger partial charge in [-0.1, -0.05) is 29.8 Å². The van der Waals surface area contributed by atoms with Crippen LogP contribution in [0.15, 0.2) is 36.5 Å². The fraction of sp³-hybridized carbons (Fsp3) is 0.318. The molecule has 3 aromatic rings. The molecule has 0 atom stereocenters. The maximum absolute atomic E-state index is 12.8. The summed E-state index contributed by atoms with van der Waals surface area (Å²) < 4.78 is 10.6. The van der Waals surface area contributed by atoms with Gasteiger partial charge in [0.2, 0.25) is 5.88 Å². The van der Waals surface area contributed by atoms with Crippen molar-refractivity contribution in [3.63, 3.8) is 0 Å². The molecule has 0 aliphatic carbocycles. The Balaban J connectivity index is 1.72. The third-order valence-electron chi connectivity index (χ3n) is 4.43. The molecule has 0 saturated carbocycles. The van der Waals surface area contributed by atoms with Gasteiger partial charge < -0.3 is 14.8 Å². The second-order valence-corrected chi connectivity index (χ2v) is 7.74. The van der Waals surface area contributed by atoms with Gasteiger partial charge in [-0.05, 0) is 32.4 Å². The number of ether oxygens (including phenoxy) is 2. The van der Waals surface area contributed by atoms with Crippen LogP contribution in [0.4, 0.5) is 0 Å². The van der Waals surface area contributed by atoms with E-state index >= 15 is 0 Å². The Kier molecular flexibility index (Phi) is 6.95. The van der Waals surface area contributed by atoms with Crippen LogP contribution in [0.1, 0.15) is 32.1 Å². The Morgan fingerprint density at radius 2 is 2.00 bits per heavy atom. The van der Waals surface area contributed by atoms with Crippen LogP contribution < -0.4 is 10.1 Å². The number of carbonyl (C=O) groups is 1. The SMILES string of the molecule is COCCOc1ncccc1CNC(=O)c1sc(-c2ccc(C)cc2C)nc1C. The fourth-order valence-electron chi connectivity index (χ4n) is 2.94. The normalized spacial score (nSPS) is 10.8. The third-order valence-corrected chi connectivity index (χ3v) is 5.62. The Morgan fingerprint density at radius 3 is 2.76 bits per heavy atom. The molecule has 0 saturated heterocycles. The number of hydrogen-bond acceptors (Lipinski definition) is 6. The molecule has 152 valence electrons. The molecule has 1 amide bonds. The van der Waals surface area contributed by atoms with Gasteiger partial charge in [-0.3, -0.25) is 4.79 Å². The van der Waals surface area contributed by atoms with Gasteiger partial charge in [0.25, 0.3) is 5.91 Å². The number of nitrogens with zero attached hydrogens (tertiary/aromatic N) is 2. The van der Waals surface area contributed by atoms with E-state index in [4.69, 9.17) is 9.47 Å². The van der Waals surface area contributed by atoms with Crippen LogP contribution in [-0.2, 0) is 11.3 Å². The lowest BCUT2D eigenvalue weighted by Gasteiger charge is -2.10. The minimum absolute atomic E-state index is 0.150. The molecule has 7 heteroatoms. The number of thiazole rings is 1. The molecule has 6 nitrogen and oxygen atoms in total. The number of rotatable bonds is 8. The van der Waals surface area contributed by atoms with Gasteiger partial charge in [0.1, 0.15) is 16.5 Å². The molecule has 2 heterocycles. The van der Waals surface area contributed by atoms with Crippen molar-refractivity contribution in [1.29, 1.82) is 0 Å². The third kappa shape index (κ3) is 5.19. The number of methoxy groups -OCH3 is 1. The fourth-order valence-corrected chi connectivity index (χ4v) is 4.02. The van der Waals surface area contributed by atoms with Gasteiger partial charge in [0.05, 0.1) is 12.3 Å². The summed E-state index contributed by atoms with van der Waals surface area (Å²) in [6.07, 6.45) is 1.66. The highest BCUT2D eigenvalue weighted by atomic mass is 32.1. The van der Waals surface area contributed by atoms with Gasteiger partial charge in [-0.15, -0.1) is 11.3 Å². The first-order valence-corrected chi connectivity index (χ1v) is 10.2. The number of pyridine rings is 1. The van der Waals surface area contributed by atoms with E-state index in [9.17, 15) is 4.79 Å². The van der Waals surface area contributed by atoms with Crippen LogP contribution in [-0.4, -0.2) is 36.2 Å². The Bertz CT molecular complexity index is 1000. The van der Waals surface area contributed by atoms with E-state index in [0.29, 0.717) is 30.5 Å². The number of nitrogens with one attached hydrogen (secondary N) is 1. The average molecular weight is 412 g/mol. The number of aromatic nitrogens is 2. The van der Waals surface area contributed by atoms with Crippen LogP contribution in [0.25, 0.3) is 10.6 Å². The summed E-state index contributed by atoms with van der Waals surface area (Å²) >= 11 is 1.41. The van der Waals surface area contributed by atoms with E-state index in [1.165, 1.54) is 16.9 Å². The number of aryl methyl sites for hydroxylation is 3. The zero-order valence-corrected chi connectivity index (χ0v) is 17.9. The standard InChI is InChI=1S/C22H25N3O3S/c1-14-7-8-18(15(2)12-14)22-25-16(3)19(29-22)20(26)24-13-17-6-5-9-23-21(17)28-11-10-27-4/h5-9,12H,10-11,13H2,1-4H3,(H,24,26). The smallest absolute Gasteiger partial charge is 0.263 e. The van der Waals surface area contributed by atoms with Gasteiger partial charge in [0, 0.05) is 31.0 Å². The number of amides is 1. The minimum Gasteiger partial charge on any atom is -0.475 e. The van der Waals surface area contributed by atoms with Gasteiger partial charge >= 0.3 is 0 Å². The zero-order chi connectivity index (χ0) is 20.8. The Hall–Kier alpha value is -2.77. The van der Waals surface area contributed by atoms with Gasteiger partial charge in [-0.25, -0.2) is 9.97 Å². The predicted octanol–water partition coefficient (Wildman–Crippen LogP) is 4.09. The van der Waals surface area contributed by atoms with Crippen LogP contribution in [0, 0.1) is 20.8 Å². The van der Waals surface area contributed by atoms with E-state index < -0.39 is 0 Å². The Morgan fingerprint density at radius 1 is 1.17 bits per heavy atom. The summed E-state index contributed by atoms with van der Waals surface area (Å²) in [5.41, 5.74) is 4.96. The van der Waals surface area contributed by atoms with Crippen LogP contribution in [0.2, 0.25) is 0 Å². The van der Waals surface area contributed by atoms with Gasteiger partial charge in [-0.2, -0.15) is 0 Å². The molecular weight excluding hydrogens is 386 g/mol. The van der Waals surface area contributed by atoms with Crippen molar-refractivity contribution in [3.05, 3.63) is 63.8 Å². The summed E-state index contributed by atoms with van der Waals surface area (Å²) in [7, 11) is 1.62. The van der Waals surface area contributed by atoms with Gasteiger partial charge in [0.15, 0.2) is 0 Å². The number of carbonyl (C=O) groups excluding carboxylic acids is 1.